The van der Waals surface area contributed by atoms with Gasteiger partial charge in [-0.05, 0) is 26.8 Å². The van der Waals surface area contributed by atoms with Gasteiger partial charge in [0, 0.05) is 40.2 Å². The molecule has 1 N–H and O–H groups in total. The van der Waals surface area contributed by atoms with Crippen LogP contribution in [-0.4, -0.2) is 37.0 Å². The fourth-order valence-corrected chi connectivity index (χ4v) is 3.74. The number of hydrogen-bond acceptors (Lipinski definition) is 5. The van der Waals surface area contributed by atoms with E-state index in [2.05, 4.69) is 10.3 Å². The third-order valence-electron chi connectivity index (χ3n) is 3.53. The van der Waals surface area contributed by atoms with Gasteiger partial charge in [0.15, 0.2) is 10.9 Å². The first-order chi connectivity index (χ1) is 10.8. The Morgan fingerprint density at radius 2 is 2.00 bits per heavy atom. The summed E-state index contributed by atoms with van der Waals surface area (Å²) in [7, 11) is 0.330. The predicted molar refractivity (Wildman–Crippen MR) is 92.6 cm³/mol. The lowest BCUT2D eigenvalue weighted by molar-refractivity contribution is -0.113. The molecule has 0 aliphatic rings. The summed E-state index contributed by atoms with van der Waals surface area (Å²) >= 11 is 1.31. The number of aryl methyl sites for hydroxylation is 2. The molecule has 2 heterocycles. The number of rotatable bonds is 6. The fraction of sp³-hybridized carbons (Fsp3) is 0.400. The standard InChI is InChI=1S/C15H19N3O3S2/c1-9-6-22-15(16-9)17-14(20)8-23(21)7-13(19)12-5-10(2)18(4)11(12)3/h5-6H,7-8H2,1-4H3,(H,16,17,20). The van der Waals surface area contributed by atoms with Crippen LogP contribution in [0.2, 0.25) is 0 Å². The summed E-state index contributed by atoms with van der Waals surface area (Å²) in [6, 6.07) is 1.79. The Hall–Kier alpha value is -1.80. The second kappa shape index (κ2) is 7.18. The van der Waals surface area contributed by atoms with Gasteiger partial charge in [0.1, 0.15) is 5.75 Å². The van der Waals surface area contributed by atoms with Crippen molar-refractivity contribution < 1.29 is 13.8 Å². The van der Waals surface area contributed by atoms with Crippen LogP contribution in [0.1, 0.15) is 27.4 Å². The van der Waals surface area contributed by atoms with Gasteiger partial charge in [-0.2, -0.15) is 0 Å². The lowest BCUT2D eigenvalue weighted by Crippen LogP contribution is -2.23. The normalized spacial score (nSPS) is 12.2. The van der Waals surface area contributed by atoms with Crippen LogP contribution in [0.4, 0.5) is 5.13 Å². The number of hydrogen-bond donors (Lipinski definition) is 1. The predicted octanol–water partition coefficient (Wildman–Crippen LogP) is 1.98. The number of Topliss-reactive ketones (excluding diaryl/α,β-unsaturated/α-hetero) is 1. The van der Waals surface area contributed by atoms with E-state index in [0.717, 1.165) is 17.1 Å². The maximum absolute atomic E-state index is 12.2. The molecule has 6 nitrogen and oxygen atoms in total. The van der Waals surface area contributed by atoms with Crippen molar-refractivity contribution in [3.8, 4) is 0 Å². The molecule has 0 aromatic carbocycles. The number of ketones is 1. The van der Waals surface area contributed by atoms with Crippen molar-refractivity contribution in [2.45, 2.75) is 20.8 Å². The maximum atomic E-state index is 12.2. The summed E-state index contributed by atoms with van der Waals surface area (Å²) in [4.78, 5) is 28.2. The van der Waals surface area contributed by atoms with Crippen LogP contribution >= 0.6 is 11.3 Å². The molecule has 0 bridgehead atoms. The van der Waals surface area contributed by atoms with Crippen LogP contribution in [-0.2, 0) is 22.6 Å². The molecule has 0 radical (unpaired) electrons. The molecule has 0 spiro atoms. The minimum atomic E-state index is -1.55. The van der Waals surface area contributed by atoms with Crippen LogP contribution in [0.25, 0.3) is 0 Å². The largest absolute Gasteiger partial charge is 0.351 e. The molecule has 1 atom stereocenters. The lowest BCUT2D eigenvalue weighted by atomic mass is 10.2. The molecule has 2 aromatic heterocycles. The minimum Gasteiger partial charge on any atom is -0.351 e. The van der Waals surface area contributed by atoms with E-state index in [-0.39, 0.29) is 17.3 Å². The van der Waals surface area contributed by atoms with Crippen molar-refractivity contribution in [2.24, 2.45) is 7.05 Å². The van der Waals surface area contributed by atoms with E-state index >= 15 is 0 Å². The van der Waals surface area contributed by atoms with E-state index in [0.29, 0.717) is 10.7 Å². The zero-order valence-corrected chi connectivity index (χ0v) is 15.1. The van der Waals surface area contributed by atoms with Gasteiger partial charge in [-0.3, -0.25) is 13.8 Å². The number of nitrogens with one attached hydrogen (secondary N) is 1. The molecule has 2 aromatic rings. The molecule has 8 heteroatoms. The smallest absolute Gasteiger partial charge is 0.238 e. The molecule has 0 fully saturated rings. The van der Waals surface area contributed by atoms with E-state index in [1.807, 2.05) is 37.8 Å². The van der Waals surface area contributed by atoms with Crippen LogP contribution in [0.5, 0.6) is 0 Å². The van der Waals surface area contributed by atoms with Crippen molar-refractivity contribution in [3.05, 3.63) is 34.1 Å². The summed E-state index contributed by atoms with van der Waals surface area (Å²) in [5.41, 5.74) is 3.19. The maximum Gasteiger partial charge on any atom is 0.238 e. The molecule has 23 heavy (non-hydrogen) atoms. The number of anilines is 1. The highest BCUT2D eigenvalue weighted by Crippen LogP contribution is 2.15. The monoisotopic (exact) mass is 353 g/mol. The van der Waals surface area contributed by atoms with E-state index in [4.69, 9.17) is 0 Å². The van der Waals surface area contributed by atoms with E-state index in [1.165, 1.54) is 11.3 Å². The van der Waals surface area contributed by atoms with Crippen molar-refractivity contribution in [2.75, 3.05) is 16.8 Å². The highest BCUT2D eigenvalue weighted by molar-refractivity contribution is 7.86. The number of nitrogens with zero attached hydrogens (tertiary/aromatic N) is 2. The van der Waals surface area contributed by atoms with Crippen LogP contribution < -0.4 is 5.32 Å². The number of carbonyl (C=O) groups is 2. The SMILES string of the molecule is Cc1csc(NC(=O)CS(=O)CC(=O)c2cc(C)n(C)c2C)n1. The minimum absolute atomic E-state index is 0.158. The van der Waals surface area contributed by atoms with E-state index in [9.17, 15) is 13.8 Å². The van der Waals surface area contributed by atoms with Gasteiger partial charge in [0.2, 0.25) is 5.91 Å². The Morgan fingerprint density at radius 1 is 1.30 bits per heavy atom. The number of thiazole rings is 1. The van der Waals surface area contributed by atoms with Gasteiger partial charge in [-0.1, -0.05) is 0 Å². The molecule has 0 saturated carbocycles. The zero-order valence-electron chi connectivity index (χ0n) is 13.5. The van der Waals surface area contributed by atoms with Gasteiger partial charge in [-0.15, -0.1) is 11.3 Å². The molecule has 0 aliphatic heterocycles. The molecule has 1 unspecified atom stereocenters. The topological polar surface area (TPSA) is 81.1 Å². The summed E-state index contributed by atoms with van der Waals surface area (Å²) < 4.78 is 14.0. The average Bonchev–Trinajstić information content (AvgIpc) is 2.97. The fourth-order valence-electron chi connectivity index (χ4n) is 2.13. The Labute approximate surface area is 141 Å². The Morgan fingerprint density at radius 3 is 2.52 bits per heavy atom. The molecule has 2 rings (SSSR count). The molecule has 0 saturated heterocycles. The van der Waals surface area contributed by atoms with Crippen LogP contribution in [0.15, 0.2) is 11.4 Å². The molecular weight excluding hydrogens is 334 g/mol. The van der Waals surface area contributed by atoms with Crippen molar-refractivity contribution in [1.29, 1.82) is 0 Å². The Balaban J connectivity index is 1.92. The van der Waals surface area contributed by atoms with Crippen LogP contribution in [0, 0.1) is 20.8 Å². The summed E-state index contributed by atoms with van der Waals surface area (Å²) in [6.45, 7) is 5.58. The summed E-state index contributed by atoms with van der Waals surface area (Å²) in [5, 5.41) is 4.88. The molecule has 1 amide bonds. The summed E-state index contributed by atoms with van der Waals surface area (Å²) in [5.74, 6) is -0.974. The zero-order chi connectivity index (χ0) is 17.1. The molecule has 124 valence electrons. The van der Waals surface area contributed by atoms with Crippen molar-refractivity contribution >= 4 is 39.0 Å². The van der Waals surface area contributed by atoms with Gasteiger partial charge < -0.3 is 9.88 Å². The Bertz CT molecular complexity index is 777. The Kier molecular flexibility index (Phi) is 5.48. The highest BCUT2D eigenvalue weighted by Gasteiger charge is 2.18. The molecule has 0 aliphatic carbocycles. The molecular formula is C15H19N3O3S2. The second-order valence-electron chi connectivity index (χ2n) is 5.34. The first-order valence-corrected chi connectivity index (χ1v) is 9.37. The highest BCUT2D eigenvalue weighted by atomic mass is 32.2. The van der Waals surface area contributed by atoms with Crippen molar-refractivity contribution in [1.82, 2.24) is 9.55 Å². The first kappa shape index (κ1) is 17.6. The van der Waals surface area contributed by atoms with E-state index < -0.39 is 16.7 Å². The number of carbonyl (C=O) groups excluding carboxylic acids is 2. The van der Waals surface area contributed by atoms with Gasteiger partial charge in [0.25, 0.3) is 0 Å². The summed E-state index contributed by atoms with van der Waals surface area (Å²) in [6.07, 6.45) is 0. The second-order valence-corrected chi connectivity index (χ2v) is 7.65. The van der Waals surface area contributed by atoms with Gasteiger partial charge >= 0.3 is 0 Å². The average molecular weight is 353 g/mol. The number of amides is 1. The lowest BCUT2D eigenvalue weighted by Gasteiger charge is -2.03. The number of aromatic nitrogens is 2. The van der Waals surface area contributed by atoms with Crippen molar-refractivity contribution in [3.63, 3.8) is 0 Å². The van der Waals surface area contributed by atoms with Gasteiger partial charge in [0.05, 0.1) is 11.4 Å². The third kappa shape index (κ3) is 4.35. The third-order valence-corrected chi connectivity index (χ3v) is 5.57. The first-order valence-electron chi connectivity index (χ1n) is 7.01. The van der Waals surface area contributed by atoms with E-state index in [1.54, 1.807) is 6.07 Å². The quantitative estimate of drug-likeness (QED) is 0.805. The van der Waals surface area contributed by atoms with Crippen LogP contribution in [0.3, 0.4) is 0 Å². The van der Waals surface area contributed by atoms with Gasteiger partial charge in [-0.25, -0.2) is 4.98 Å².